The van der Waals surface area contributed by atoms with Crippen molar-refractivity contribution in [1.29, 1.82) is 0 Å². The molecule has 0 radical (unpaired) electrons. The van der Waals surface area contributed by atoms with Gasteiger partial charge in [0.15, 0.2) is 0 Å². The molecular weight excluding hydrogens is 244 g/mol. The molecule has 0 saturated heterocycles. The lowest BCUT2D eigenvalue weighted by molar-refractivity contribution is 0.523. The van der Waals surface area contributed by atoms with Gasteiger partial charge in [-0.1, -0.05) is 12.1 Å². The van der Waals surface area contributed by atoms with Crippen LogP contribution in [0.2, 0.25) is 0 Å². The zero-order chi connectivity index (χ0) is 13.6. The molecule has 1 aliphatic rings. The minimum atomic E-state index is -0.713. The Morgan fingerprint density at radius 2 is 1.68 bits per heavy atom. The number of hydrogen-bond donors (Lipinski definition) is 1. The van der Waals surface area contributed by atoms with Crippen LogP contribution in [0.5, 0.6) is 0 Å². The third-order valence-electron chi connectivity index (χ3n) is 4.02. The number of nitrogens with two attached hydrogens (primary N) is 1. The zero-order valence-corrected chi connectivity index (χ0v) is 10.7. The number of aryl methyl sites for hydroxylation is 2. The van der Waals surface area contributed by atoms with Crippen molar-refractivity contribution < 1.29 is 8.78 Å². The van der Waals surface area contributed by atoms with E-state index in [2.05, 4.69) is 0 Å². The summed E-state index contributed by atoms with van der Waals surface area (Å²) in [4.78, 5) is 0. The average Bonchev–Trinajstić information content (AvgIpc) is 2.70. The average molecular weight is 259 g/mol. The molecule has 0 heterocycles. The third kappa shape index (κ3) is 1.85. The summed E-state index contributed by atoms with van der Waals surface area (Å²) in [6.07, 6.45) is 1.40. The second kappa shape index (κ2) is 4.14. The van der Waals surface area contributed by atoms with E-state index in [9.17, 15) is 8.78 Å². The van der Waals surface area contributed by atoms with E-state index in [4.69, 9.17) is 5.73 Å². The molecule has 0 spiro atoms. The fourth-order valence-corrected chi connectivity index (χ4v) is 3.03. The summed E-state index contributed by atoms with van der Waals surface area (Å²) in [5.41, 5.74) is 9.39. The molecule has 1 aliphatic carbocycles. The van der Waals surface area contributed by atoms with Gasteiger partial charge in [-0.2, -0.15) is 0 Å². The summed E-state index contributed by atoms with van der Waals surface area (Å²) in [7, 11) is 0. The van der Waals surface area contributed by atoms with Gasteiger partial charge in [0.25, 0.3) is 0 Å². The summed E-state index contributed by atoms with van der Waals surface area (Å²) >= 11 is 0. The van der Waals surface area contributed by atoms with E-state index in [1.54, 1.807) is 12.1 Å². The molecule has 2 N–H and O–H groups in total. The number of rotatable bonds is 1. The predicted octanol–water partition coefficient (Wildman–Crippen LogP) is 3.42. The summed E-state index contributed by atoms with van der Waals surface area (Å²) in [6.45, 7) is 1.92. The van der Waals surface area contributed by atoms with Crippen LogP contribution in [0.15, 0.2) is 36.4 Å². The monoisotopic (exact) mass is 259 g/mol. The van der Waals surface area contributed by atoms with Crippen molar-refractivity contribution in [3.63, 3.8) is 0 Å². The van der Waals surface area contributed by atoms with Gasteiger partial charge in [0.05, 0.1) is 5.54 Å². The van der Waals surface area contributed by atoms with Crippen molar-refractivity contribution in [3.05, 3.63) is 70.3 Å². The Morgan fingerprint density at radius 1 is 1.00 bits per heavy atom. The maximum atomic E-state index is 13.5. The van der Waals surface area contributed by atoms with Gasteiger partial charge < -0.3 is 5.73 Å². The van der Waals surface area contributed by atoms with E-state index < -0.39 is 5.54 Å². The molecule has 98 valence electrons. The molecule has 1 atom stereocenters. The first kappa shape index (κ1) is 12.3. The van der Waals surface area contributed by atoms with Gasteiger partial charge in [-0.05, 0) is 66.3 Å². The molecule has 1 nitrogen and oxygen atoms in total. The highest BCUT2D eigenvalue weighted by Gasteiger charge is 2.37. The Hall–Kier alpha value is -1.74. The Kier molecular flexibility index (Phi) is 2.68. The van der Waals surface area contributed by atoms with Gasteiger partial charge in [0.1, 0.15) is 11.6 Å². The SMILES string of the molecule is Cc1ccc(F)cc1C1(N)CCc2cc(F)ccc21. The lowest BCUT2D eigenvalue weighted by Gasteiger charge is -2.28. The highest BCUT2D eigenvalue weighted by Crippen LogP contribution is 2.41. The van der Waals surface area contributed by atoms with Crippen molar-refractivity contribution in [2.75, 3.05) is 0 Å². The molecule has 3 rings (SSSR count). The minimum absolute atomic E-state index is 0.251. The summed E-state index contributed by atoms with van der Waals surface area (Å²) in [6, 6.07) is 9.33. The van der Waals surface area contributed by atoms with E-state index in [1.807, 2.05) is 6.92 Å². The molecule has 0 saturated carbocycles. The Bertz CT molecular complexity index is 651. The van der Waals surface area contributed by atoms with Gasteiger partial charge in [0, 0.05) is 0 Å². The number of benzene rings is 2. The van der Waals surface area contributed by atoms with Crippen molar-refractivity contribution in [3.8, 4) is 0 Å². The fourth-order valence-electron chi connectivity index (χ4n) is 3.03. The standard InChI is InChI=1S/C16H15F2N/c1-10-2-3-13(18)9-15(10)16(19)7-6-11-8-12(17)4-5-14(11)16/h2-5,8-9H,6-7,19H2,1H3. The van der Waals surface area contributed by atoms with E-state index >= 15 is 0 Å². The second-order valence-corrected chi connectivity index (χ2v) is 5.23. The van der Waals surface area contributed by atoms with Crippen LogP contribution in [-0.4, -0.2) is 0 Å². The van der Waals surface area contributed by atoms with Crippen LogP contribution in [0.3, 0.4) is 0 Å². The highest BCUT2D eigenvalue weighted by atomic mass is 19.1. The fraction of sp³-hybridized carbons (Fsp3) is 0.250. The van der Waals surface area contributed by atoms with Crippen molar-refractivity contribution in [2.24, 2.45) is 5.73 Å². The summed E-state index contributed by atoms with van der Waals surface area (Å²) in [5, 5.41) is 0. The van der Waals surface area contributed by atoms with Crippen molar-refractivity contribution in [1.82, 2.24) is 0 Å². The largest absolute Gasteiger partial charge is 0.318 e. The Morgan fingerprint density at radius 3 is 2.47 bits per heavy atom. The molecule has 0 aromatic heterocycles. The van der Waals surface area contributed by atoms with Gasteiger partial charge >= 0.3 is 0 Å². The summed E-state index contributed by atoms with van der Waals surface area (Å²) < 4.78 is 26.8. The first-order chi connectivity index (χ1) is 9.00. The number of halogens is 2. The van der Waals surface area contributed by atoms with E-state index in [-0.39, 0.29) is 11.6 Å². The molecule has 1 unspecified atom stereocenters. The first-order valence-electron chi connectivity index (χ1n) is 6.35. The van der Waals surface area contributed by atoms with Gasteiger partial charge in [-0.15, -0.1) is 0 Å². The number of fused-ring (bicyclic) bond motifs is 1. The maximum Gasteiger partial charge on any atom is 0.123 e. The molecule has 3 heteroatoms. The maximum absolute atomic E-state index is 13.5. The van der Waals surface area contributed by atoms with Gasteiger partial charge in [0.2, 0.25) is 0 Å². The minimum Gasteiger partial charge on any atom is -0.318 e. The molecule has 0 fully saturated rings. The van der Waals surface area contributed by atoms with E-state index in [0.717, 1.165) is 28.7 Å². The first-order valence-corrected chi connectivity index (χ1v) is 6.35. The highest BCUT2D eigenvalue weighted by molar-refractivity contribution is 5.49. The molecular formula is C16H15F2N. The molecule has 0 aliphatic heterocycles. The zero-order valence-electron chi connectivity index (χ0n) is 10.7. The molecule has 0 amide bonds. The van der Waals surface area contributed by atoms with Crippen LogP contribution in [-0.2, 0) is 12.0 Å². The molecule has 2 aromatic carbocycles. The smallest absolute Gasteiger partial charge is 0.123 e. The predicted molar refractivity (Wildman–Crippen MR) is 70.8 cm³/mol. The van der Waals surface area contributed by atoms with E-state index in [0.29, 0.717) is 6.42 Å². The second-order valence-electron chi connectivity index (χ2n) is 5.23. The third-order valence-corrected chi connectivity index (χ3v) is 4.02. The normalized spacial score (nSPS) is 21.5. The Labute approximate surface area is 111 Å². The summed E-state index contributed by atoms with van der Waals surface area (Å²) in [5.74, 6) is -0.542. The lowest BCUT2D eigenvalue weighted by atomic mass is 9.83. The van der Waals surface area contributed by atoms with Gasteiger partial charge in [-0.25, -0.2) is 8.78 Å². The molecule has 19 heavy (non-hydrogen) atoms. The number of hydrogen-bond acceptors (Lipinski definition) is 1. The Balaban J connectivity index is 2.19. The van der Waals surface area contributed by atoms with Gasteiger partial charge in [-0.3, -0.25) is 0 Å². The van der Waals surface area contributed by atoms with Crippen LogP contribution < -0.4 is 5.73 Å². The lowest BCUT2D eigenvalue weighted by Crippen LogP contribution is -2.36. The topological polar surface area (TPSA) is 26.0 Å². The van der Waals surface area contributed by atoms with Crippen LogP contribution >= 0.6 is 0 Å². The van der Waals surface area contributed by atoms with Crippen LogP contribution in [0.25, 0.3) is 0 Å². The van der Waals surface area contributed by atoms with Crippen molar-refractivity contribution >= 4 is 0 Å². The van der Waals surface area contributed by atoms with Crippen LogP contribution in [0.4, 0.5) is 8.78 Å². The molecule has 2 aromatic rings. The van der Waals surface area contributed by atoms with Crippen LogP contribution in [0.1, 0.15) is 28.7 Å². The quantitative estimate of drug-likeness (QED) is 0.834. The van der Waals surface area contributed by atoms with E-state index in [1.165, 1.54) is 24.3 Å². The van der Waals surface area contributed by atoms with Crippen molar-refractivity contribution in [2.45, 2.75) is 25.3 Å². The van der Waals surface area contributed by atoms with Crippen LogP contribution in [0, 0.1) is 18.6 Å². The molecule has 0 bridgehead atoms.